The molecule has 0 fully saturated rings. The number of nitrogens with one attached hydrogen (secondary N) is 1. The second-order valence-corrected chi connectivity index (χ2v) is 4.21. The summed E-state index contributed by atoms with van der Waals surface area (Å²) < 4.78 is 42.1. The molecular formula is C12H13F3N4O. The monoisotopic (exact) mass is 286 g/mol. The van der Waals surface area contributed by atoms with E-state index < -0.39 is 11.7 Å². The van der Waals surface area contributed by atoms with Crippen molar-refractivity contribution in [1.82, 2.24) is 15.1 Å². The molecule has 0 saturated heterocycles. The SMILES string of the molecule is CCC(Nc1ccc(C(F)(F)F)cn1)c1noc(C)n1. The van der Waals surface area contributed by atoms with Crippen molar-refractivity contribution in [2.45, 2.75) is 32.5 Å². The molecule has 2 aromatic heterocycles. The number of hydrogen-bond donors (Lipinski definition) is 1. The Balaban J connectivity index is 2.12. The van der Waals surface area contributed by atoms with Gasteiger partial charge in [0.2, 0.25) is 5.89 Å². The first-order valence-corrected chi connectivity index (χ1v) is 6.00. The topological polar surface area (TPSA) is 63.8 Å². The first-order chi connectivity index (χ1) is 9.40. The third kappa shape index (κ3) is 3.25. The Morgan fingerprint density at radius 2 is 2.10 bits per heavy atom. The van der Waals surface area contributed by atoms with E-state index in [1.165, 1.54) is 6.07 Å². The van der Waals surface area contributed by atoms with Crippen LogP contribution in [0.25, 0.3) is 0 Å². The Bertz CT molecular complexity index is 565. The molecule has 20 heavy (non-hydrogen) atoms. The van der Waals surface area contributed by atoms with Crippen LogP contribution < -0.4 is 5.32 Å². The molecule has 0 aliphatic rings. The van der Waals surface area contributed by atoms with E-state index in [1.54, 1.807) is 6.92 Å². The van der Waals surface area contributed by atoms with Gasteiger partial charge >= 0.3 is 6.18 Å². The van der Waals surface area contributed by atoms with Crippen molar-refractivity contribution in [1.29, 1.82) is 0 Å². The quantitative estimate of drug-likeness (QED) is 0.933. The summed E-state index contributed by atoms with van der Waals surface area (Å²) in [5.41, 5.74) is -0.786. The minimum atomic E-state index is -4.39. The molecule has 2 aromatic rings. The molecule has 0 spiro atoms. The molecule has 0 bridgehead atoms. The van der Waals surface area contributed by atoms with Gasteiger partial charge in [0.15, 0.2) is 5.82 Å². The van der Waals surface area contributed by atoms with E-state index in [0.29, 0.717) is 24.0 Å². The Kier molecular flexibility index (Phi) is 3.91. The highest BCUT2D eigenvalue weighted by Gasteiger charge is 2.30. The summed E-state index contributed by atoms with van der Waals surface area (Å²) in [6.07, 6.45) is -2.96. The zero-order valence-corrected chi connectivity index (χ0v) is 10.9. The molecule has 0 aliphatic heterocycles. The van der Waals surface area contributed by atoms with Gasteiger partial charge in [-0.2, -0.15) is 18.2 Å². The average molecular weight is 286 g/mol. The largest absolute Gasteiger partial charge is 0.417 e. The number of rotatable bonds is 4. The van der Waals surface area contributed by atoms with Crippen molar-refractivity contribution in [3.63, 3.8) is 0 Å². The molecule has 0 radical (unpaired) electrons. The number of hydrogen-bond acceptors (Lipinski definition) is 5. The second kappa shape index (κ2) is 5.48. The first-order valence-electron chi connectivity index (χ1n) is 6.00. The van der Waals surface area contributed by atoms with Crippen LogP contribution in [0.1, 0.15) is 36.7 Å². The summed E-state index contributed by atoms with van der Waals surface area (Å²) >= 11 is 0. The highest BCUT2D eigenvalue weighted by Crippen LogP contribution is 2.29. The van der Waals surface area contributed by atoms with E-state index in [1.807, 2.05) is 6.92 Å². The molecule has 0 amide bonds. The predicted molar refractivity (Wildman–Crippen MR) is 64.9 cm³/mol. The number of halogens is 3. The average Bonchev–Trinajstić information content (AvgIpc) is 2.82. The summed E-state index contributed by atoms with van der Waals surface area (Å²) in [5.74, 6) is 1.21. The highest BCUT2D eigenvalue weighted by atomic mass is 19.4. The third-order valence-corrected chi connectivity index (χ3v) is 2.68. The molecule has 1 unspecified atom stereocenters. The summed E-state index contributed by atoms with van der Waals surface area (Å²) in [7, 11) is 0. The standard InChI is InChI=1S/C12H13F3N4O/c1-3-9(11-17-7(2)20-19-11)18-10-5-4-8(6-16-10)12(13,14)15/h4-6,9H,3H2,1-2H3,(H,16,18). The van der Waals surface area contributed by atoms with Crippen LogP contribution in [0.5, 0.6) is 0 Å². The number of alkyl halides is 3. The maximum absolute atomic E-state index is 12.4. The molecule has 1 atom stereocenters. The van der Waals surface area contributed by atoms with Gasteiger partial charge in [-0.25, -0.2) is 4.98 Å². The molecule has 2 heterocycles. The molecule has 0 aromatic carbocycles. The zero-order chi connectivity index (χ0) is 14.8. The van der Waals surface area contributed by atoms with Gasteiger partial charge in [0.1, 0.15) is 5.82 Å². The van der Waals surface area contributed by atoms with Gasteiger partial charge in [0.05, 0.1) is 11.6 Å². The predicted octanol–water partition coefficient (Wildman–Crippen LogP) is 3.36. The summed E-state index contributed by atoms with van der Waals surface area (Å²) in [4.78, 5) is 7.83. The van der Waals surface area contributed by atoms with Crippen LogP contribution in [-0.4, -0.2) is 15.1 Å². The number of pyridine rings is 1. The molecule has 0 aliphatic carbocycles. The fourth-order valence-electron chi connectivity index (χ4n) is 1.63. The molecule has 0 saturated carbocycles. The fourth-order valence-corrected chi connectivity index (χ4v) is 1.63. The number of aromatic nitrogens is 3. The van der Waals surface area contributed by atoms with Crippen molar-refractivity contribution in [3.8, 4) is 0 Å². The number of anilines is 1. The molecule has 2 rings (SSSR count). The van der Waals surface area contributed by atoms with Gasteiger partial charge in [-0.1, -0.05) is 12.1 Å². The maximum Gasteiger partial charge on any atom is 0.417 e. The van der Waals surface area contributed by atoms with E-state index in [4.69, 9.17) is 4.52 Å². The Hall–Kier alpha value is -2.12. The van der Waals surface area contributed by atoms with E-state index in [-0.39, 0.29) is 6.04 Å². The van der Waals surface area contributed by atoms with Crippen LogP contribution in [0, 0.1) is 6.92 Å². The Labute approximate surface area is 113 Å². The van der Waals surface area contributed by atoms with Crippen molar-refractivity contribution in [2.75, 3.05) is 5.32 Å². The zero-order valence-electron chi connectivity index (χ0n) is 10.9. The minimum absolute atomic E-state index is 0.267. The lowest BCUT2D eigenvalue weighted by Gasteiger charge is -2.14. The summed E-state index contributed by atoms with van der Waals surface area (Å²) in [6, 6.07) is 1.98. The lowest BCUT2D eigenvalue weighted by atomic mass is 10.2. The van der Waals surface area contributed by atoms with Gasteiger partial charge in [0, 0.05) is 13.1 Å². The van der Waals surface area contributed by atoms with Crippen LogP contribution in [-0.2, 0) is 6.18 Å². The number of nitrogens with zero attached hydrogens (tertiary/aromatic N) is 3. The van der Waals surface area contributed by atoms with Crippen molar-refractivity contribution < 1.29 is 17.7 Å². The van der Waals surface area contributed by atoms with E-state index in [0.717, 1.165) is 12.3 Å². The smallest absolute Gasteiger partial charge is 0.360 e. The van der Waals surface area contributed by atoms with Crippen molar-refractivity contribution >= 4 is 5.82 Å². The molecule has 8 heteroatoms. The summed E-state index contributed by atoms with van der Waals surface area (Å²) in [6.45, 7) is 3.56. The Morgan fingerprint density at radius 1 is 1.35 bits per heavy atom. The van der Waals surface area contributed by atoms with Gasteiger partial charge in [-0.3, -0.25) is 0 Å². The van der Waals surface area contributed by atoms with Crippen LogP contribution in [0.4, 0.5) is 19.0 Å². The van der Waals surface area contributed by atoms with Gasteiger partial charge in [0.25, 0.3) is 0 Å². The normalized spacial score (nSPS) is 13.2. The lowest BCUT2D eigenvalue weighted by molar-refractivity contribution is -0.137. The lowest BCUT2D eigenvalue weighted by Crippen LogP contribution is -2.13. The van der Waals surface area contributed by atoms with Gasteiger partial charge in [-0.15, -0.1) is 0 Å². The van der Waals surface area contributed by atoms with E-state index >= 15 is 0 Å². The molecule has 1 N–H and O–H groups in total. The maximum atomic E-state index is 12.4. The van der Waals surface area contributed by atoms with Crippen LogP contribution in [0.2, 0.25) is 0 Å². The van der Waals surface area contributed by atoms with E-state index in [9.17, 15) is 13.2 Å². The number of aryl methyl sites for hydroxylation is 1. The second-order valence-electron chi connectivity index (χ2n) is 4.21. The third-order valence-electron chi connectivity index (χ3n) is 2.68. The van der Waals surface area contributed by atoms with Crippen LogP contribution >= 0.6 is 0 Å². The molecule has 5 nitrogen and oxygen atoms in total. The highest BCUT2D eigenvalue weighted by molar-refractivity contribution is 5.38. The van der Waals surface area contributed by atoms with E-state index in [2.05, 4.69) is 20.4 Å². The van der Waals surface area contributed by atoms with Crippen molar-refractivity contribution in [3.05, 3.63) is 35.6 Å². The van der Waals surface area contributed by atoms with Gasteiger partial charge < -0.3 is 9.84 Å². The molecule has 108 valence electrons. The minimum Gasteiger partial charge on any atom is -0.360 e. The van der Waals surface area contributed by atoms with Crippen molar-refractivity contribution in [2.24, 2.45) is 0 Å². The van der Waals surface area contributed by atoms with Crippen LogP contribution in [0.15, 0.2) is 22.9 Å². The fraction of sp³-hybridized carbons (Fsp3) is 0.417. The van der Waals surface area contributed by atoms with Crippen LogP contribution in [0.3, 0.4) is 0 Å². The van der Waals surface area contributed by atoms with Gasteiger partial charge in [-0.05, 0) is 18.6 Å². The summed E-state index contributed by atoms with van der Waals surface area (Å²) in [5, 5.41) is 6.76. The Morgan fingerprint density at radius 3 is 2.55 bits per heavy atom. The first kappa shape index (κ1) is 14.3. The molecular weight excluding hydrogens is 273 g/mol.